The molecule has 0 radical (unpaired) electrons. The van der Waals surface area contributed by atoms with Gasteiger partial charge in [0, 0.05) is 23.1 Å². The Balaban J connectivity index is 0.000000360. The van der Waals surface area contributed by atoms with Crippen LogP contribution in [-0.4, -0.2) is 144 Å². The second-order valence-corrected chi connectivity index (χ2v) is 32.4. The molecule has 20 nitrogen and oxygen atoms in total. The molecule has 0 aliphatic carbocycles. The zero-order valence-electron chi connectivity index (χ0n) is 68.0. The lowest BCUT2D eigenvalue weighted by atomic mass is 9.78. The first-order valence-corrected chi connectivity index (χ1v) is 38.2. The molecule has 7 aromatic carbocycles. The van der Waals surface area contributed by atoms with Crippen LogP contribution in [0.15, 0.2) is 198 Å². The summed E-state index contributed by atoms with van der Waals surface area (Å²) in [6.07, 6.45) is -2.30. The van der Waals surface area contributed by atoms with E-state index >= 15 is 0 Å². The molecule has 2 heterocycles. The van der Waals surface area contributed by atoms with E-state index in [-0.39, 0.29) is 55.7 Å². The highest BCUT2D eigenvalue weighted by molar-refractivity contribution is 7.79. The Labute approximate surface area is 659 Å². The lowest BCUT2D eigenvalue weighted by Crippen LogP contribution is -2.43. The van der Waals surface area contributed by atoms with Crippen molar-refractivity contribution in [3.05, 3.63) is 211 Å². The van der Waals surface area contributed by atoms with E-state index in [1.165, 1.54) is 53.7 Å². The number of rotatable bonds is 20. The Morgan fingerprint density at radius 1 is 0.500 bits per heavy atom. The van der Waals surface area contributed by atoms with Gasteiger partial charge in [0.1, 0.15) is 40.9 Å². The van der Waals surface area contributed by atoms with Crippen molar-refractivity contribution in [1.82, 2.24) is 15.5 Å². The zero-order chi connectivity index (χ0) is 81.3. The van der Waals surface area contributed by atoms with Crippen LogP contribution < -0.4 is 42.2 Å². The van der Waals surface area contributed by atoms with Crippen LogP contribution in [0.25, 0.3) is 0 Å². The number of phenols is 1. The Morgan fingerprint density at radius 2 is 0.818 bits per heavy atom. The van der Waals surface area contributed by atoms with Gasteiger partial charge in [0.15, 0.2) is 0 Å². The number of aromatic hydroxyl groups is 1. The van der Waals surface area contributed by atoms with Crippen LogP contribution in [-0.2, 0) is 50.4 Å². The maximum absolute atomic E-state index is 14.9. The third-order valence-electron chi connectivity index (χ3n) is 17.0. The molecular weight excluding hydrogens is 1440 g/mol. The van der Waals surface area contributed by atoms with Crippen molar-refractivity contribution in [3.8, 4) is 11.5 Å². The number of phenolic OH excluding ortho intramolecular Hbond substituents is 1. The molecule has 110 heavy (non-hydrogen) atoms. The summed E-state index contributed by atoms with van der Waals surface area (Å²) in [5.41, 5.74) is -0.536. The number of carbonyl (C=O) groups is 4. The maximum atomic E-state index is 14.9. The van der Waals surface area contributed by atoms with Crippen molar-refractivity contribution < 1.29 is 80.5 Å². The number of aliphatic hydroxyl groups excluding tert-OH is 1. The second kappa shape index (κ2) is 45.9. The van der Waals surface area contributed by atoms with Crippen molar-refractivity contribution in [3.63, 3.8) is 0 Å². The van der Waals surface area contributed by atoms with E-state index in [4.69, 9.17) is 37.9 Å². The standard InChI is InChI=1S/C26H35BFNO5.C18H15P.C14H21NO3.C12H16BFO3.C8H14N2O4.C6H15N.ClH/c1-24(2,3)32-23(30)29-19(15-18-11-9-8-10-12-18)17-31-20-13-14-21(22(28)16-20)27-33-25(4,5)26(6,7)34-27;1-4-10-16(11-5-1)19(17-12-6-2-7-13-17)18-14-8-3-9-15-18;1-14(2,3)18-13(17)15-12(10-16)9-11-7-5-4-6-8-11;1-11(2)12(3,4)17-13(16-11)9-6-5-8(15)7-10(9)14;1-5(2)13-7(11)9-10-8(12)14-6(3)4;1-4-7(5-2)6-3;/h8-14,16,19H,15,17H2,1-7H3,(H,29,30);1-15H;4-8,12,16H,9-10H2,1-3H3,(H,15,17);5-7,15H,1-4H3;5-6H,1-4H3;4-6H2,1-3H3;1H/t19-;;12-;;;;/m1.1..../s1. The lowest BCUT2D eigenvalue weighted by molar-refractivity contribution is 0.00578. The topological polar surface area (TPSA) is 244 Å². The minimum atomic E-state index is -0.902. The number of benzene rings is 7. The van der Waals surface area contributed by atoms with Gasteiger partial charge in [-0.25, -0.2) is 28.0 Å². The summed E-state index contributed by atoms with van der Waals surface area (Å²) in [5.74, 6) is -0.760. The number of hydrogen-bond donors (Lipinski definition) is 4. The molecule has 7 aromatic rings. The molecule has 600 valence electrons. The first-order valence-electron chi connectivity index (χ1n) is 36.9. The monoisotopic (exact) mass is 1560 g/mol. The quantitative estimate of drug-likeness (QED) is 0.0240. The Hall–Kier alpha value is -8.31. The number of ether oxygens (including phenoxy) is 5. The SMILES string of the molecule is CC(C)(C)OC(=O)N[C@@H](CO)Cc1ccccc1.CC(C)(C)OC(=O)N[C@@H](COc1ccc(B2OC(C)(C)C(C)(C)O2)c(F)c1)Cc1ccccc1.CC(C)OC(=O)N=NC(=O)OC(C)C.CC1(C)OB(c2ccc(O)cc2F)OC1(C)C.CCN(CC)CC.Cl.c1ccc(P(c2ccccc2)c2ccccc2)cc1. The van der Waals surface area contributed by atoms with Gasteiger partial charge in [0.2, 0.25) is 0 Å². The van der Waals surface area contributed by atoms with Gasteiger partial charge in [0.05, 0.1) is 53.3 Å². The molecule has 0 unspecified atom stereocenters. The lowest BCUT2D eigenvalue weighted by Gasteiger charge is -2.32. The van der Waals surface area contributed by atoms with Gasteiger partial charge >= 0.3 is 38.6 Å². The Morgan fingerprint density at radius 3 is 1.12 bits per heavy atom. The average molecular weight is 1560 g/mol. The highest BCUT2D eigenvalue weighted by Crippen LogP contribution is 2.38. The fourth-order valence-electron chi connectivity index (χ4n) is 10.1. The van der Waals surface area contributed by atoms with Crippen LogP contribution in [0, 0.1) is 11.6 Å². The van der Waals surface area contributed by atoms with Crippen LogP contribution in [0.2, 0.25) is 0 Å². The number of azo groups is 1. The first kappa shape index (κ1) is 95.9. The summed E-state index contributed by atoms with van der Waals surface area (Å²) in [5, 5.41) is 34.2. The van der Waals surface area contributed by atoms with Crippen molar-refractivity contribution >= 4 is 85.8 Å². The van der Waals surface area contributed by atoms with Gasteiger partial charge in [0.25, 0.3) is 0 Å². The summed E-state index contributed by atoms with van der Waals surface area (Å²) in [6.45, 7) is 43.0. The zero-order valence-corrected chi connectivity index (χ0v) is 69.7. The van der Waals surface area contributed by atoms with E-state index in [1.54, 1.807) is 81.4 Å². The molecule has 26 heteroatoms. The molecule has 2 aliphatic heterocycles. The highest BCUT2D eigenvalue weighted by atomic mass is 35.5. The van der Waals surface area contributed by atoms with Gasteiger partial charge in [-0.05, 0) is 204 Å². The van der Waals surface area contributed by atoms with Gasteiger partial charge in [-0.1, -0.05) is 195 Å². The number of halogens is 3. The molecule has 9 rings (SSSR count). The molecule has 2 atom stereocenters. The predicted octanol–water partition coefficient (Wildman–Crippen LogP) is 16.3. The number of carbonyl (C=O) groups excluding carboxylic acids is 4. The van der Waals surface area contributed by atoms with Crippen molar-refractivity contribution in [2.75, 3.05) is 32.8 Å². The number of aliphatic hydroxyl groups is 1. The number of nitrogens with zero attached hydrogens (tertiary/aromatic N) is 3. The third-order valence-corrected chi connectivity index (χ3v) is 19.4. The fourth-order valence-corrected chi connectivity index (χ4v) is 12.4. The van der Waals surface area contributed by atoms with Crippen LogP contribution in [0.5, 0.6) is 11.5 Å². The largest absolute Gasteiger partial charge is 0.508 e. The van der Waals surface area contributed by atoms with Gasteiger partial charge in [-0.15, -0.1) is 12.4 Å². The molecule has 4 N–H and O–H groups in total. The van der Waals surface area contributed by atoms with Gasteiger partial charge in [-0.2, -0.15) is 0 Å². The fraction of sp³-hybridized carbons (Fsp3) is 0.452. The van der Waals surface area contributed by atoms with E-state index in [0.29, 0.717) is 29.5 Å². The number of alkyl carbamates (subject to hydrolysis) is 2. The molecule has 0 bridgehead atoms. The summed E-state index contributed by atoms with van der Waals surface area (Å²) in [7, 11) is -1.97. The third kappa shape index (κ3) is 34.5. The molecule has 0 aromatic heterocycles. The van der Waals surface area contributed by atoms with Crippen LogP contribution >= 0.6 is 20.3 Å². The first-order chi connectivity index (χ1) is 51.1. The van der Waals surface area contributed by atoms with Crippen LogP contribution in [0.4, 0.5) is 28.0 Å². The van der Waals surface area contributed by atoms with Crippen LogP contribution in [0.3, 0.4) is 0 Å². The Bertz CT molecular complexity index is 3730. The average Bonchev–Trinajstić information content (AvgIpc) is 1.64. The van der Waals surface area contributed by atoms with Crippen LogP contribution in [0.1, 0.15) is 157 Å². The summed E-state index contributed by atoms with van der Waals surface area (Å²) in [4.78, 5) is 47.8. The number of amides is 4. The van der Waals surface area contributed by atoms with Gasteiger partial charge < -0.3 is 68.0 Å². The smallest absolute Gasteiger partial charge is 0.497 e. The Kier molecular flexibility index (Phi) is 40.0. The highest BCUT2D eigenvalue weighted by Gasteiger charge is 2.53. The predicted molar refractivity (Wildman–Crippen MR) is 439 cm³/mol. The minimum absolute atomic E-state index is 0. The van der Waals surface area contributed by atoms with Crippen molar-refractivity contribution in [2.45, 2.75) is 216 Å². The van der Waals surface area contributed by atoms with Crippen molar-refractivity contribution in [2.24, 2.45) is 10.2 Å². The van der Waals surface area contributed by atoms with E-state index in [2.05, 4.69) is 147 Å². The molecule has 2 aliphatic rings. The van der Waals surface area contributed by atoms with E-state index in [1.807, 2.05) is 116 Å². The summed E-state index contributed by atoms with van der Waals surface area (Å²) < 4.78 is 77.6. The van der Waals surface area contributed by atoms with E-state index in [0.717, 1.165) is 17.2 Å². The minimum Gasteiger partial charge on any atom is -0.508 e. The molecule has 2 fully saturated rings. The molecule has 0 saturated carbocycles. The molecular formula is C84H117B2ClF2N5O15P. The molecule has 2 saturated heterocycles. The van der Waals surface area contributed by atoms with Crippen molar-refractivity contribution in [1.29, 1.82) is 0 Å². The van der Waals surface area contributed by atoms with Gasteiger partial charge in [-0.3, -0.25) is 0 Å². The molecule has 0 spiro atoms. The second-order valence-electron chi connectivity index (χ2n) is 30.2. The summed E-state index contributed by atoms with van der Waals surface area (Å²) >= 11 is 0. The normalized spacial score (nSPS) is 14.9. The molecule has 4 amide bonds. The number of hydrogen-bond acceptors (Lipinski definition) is 16. The van der Waals surface area contributed by atoms with E-state index < -0.39 is 91.8 Å². The van der Waals surface area contributed by atoms with E-state index in [9.17, 15) is 33.1 Å². The number of nitrogens with one attached hydrogen (secondary N) is 2. The maximum Gasteiger partial charge on any atom is 0.497 e. The summed E-state index contributed by atoms with van der Waals surface area (Å²) in [6, 6.07) is 59.6.